The Balaban J connectivity index is 1.85. The first kappa shape index (κ1) is 14.6. The van der Waals surface area contributed by atoms with Crippen molar-refractivity contribution in [1.82, 2.24) is 19.6 Å². The van der Waals surface area contributed by atoms with Gasteiger partial charge in [0.25, 0.3) is 11.7 Å². The van der Waals surface area contributed by atoms with E-state index in [0.29, 0.717) is 17.0 Å². The zero-order valence-electron chi connectivity index (χ0n) is 12.6. The van der Waals surface area contributed by atoms with Crippen LogP contribution in [0.2, 0.25) is 0 Å². The van der Waals surface area contributed by atoms with Crippen molar-refractivity contribution in [3.63, 3.8) is 0 Å². The maximum Gasteiger partial charge on any atom is 0.295 e. The van der Waals surface area contributed by atoms with Crippen molar-refractivity contribution in [2.45, 2.75) is 13.8 Å². The lowest BCUT2D eigenvalue weighted by atomic mass is 10.2. The molecule has 23 heavy (non-hydrogen) atoms. The summed E-state index contributed by atoms with van der Waals surface area (Å²) in [7, 11) is 0. The van der Waals surface area contributed by atoms with Crippen molar-refractivity contribution in [2.24, 2.45) is 5.73 Å². The molecule has 2 aromatic heterocycles. The van der Waals surface area contributed by atoms with Gasteiger partial charge in [-0.25, -0.2) is 9.50 Å². The highest BCUT2D eigenvalue weighted by molar-refractivity contribution is 6.02. The molecule has 0 atom stereocenters. The van der Waals surface area contributed by atoms with Crippen LogP contribution in [-0.2, 0) is 0 Å². The van der Waals surface area contributed by atoms with Crippen molar-refractivity contribution in [2.75, 3.05) is 5.32 Å². The SMILES string of the molecule is Cc1cc(C)n2nc(C(=O)Nc3ccc(C(N)=O)cc3)nc2n1. The van der Waals surface area contributed by atoms with E-state index in [2.05, 4.69) is 20.4 Å². The van der Waals surface area contributed by atoms with Gasteiger partial charge in [0, 0.05) is 22.6 Å². The quantitative estimate of drug-likeness (QED) is 0.751. The van der Waals surface area contributed by atoms with Crippen LogP contribution in [0.3, 0.4) is 0 Å². The first-order valence-electron chi connectivity index (χ1n) is 6.86. The fraction of sp³-hybridized carbons (Fsp3) is 0.133. The number of benzene rings is 1. The van der Waals surface area contributed by atoms with Gasteiger partial charge in [-0.2, -0.15) is 4.98 Å². The minimum Gasteiger partial charge on any atom is -0.366 e. The molecule has 2 amide bonds. The molecule has 1 aromatic carbocycles. The van der Waals surface area contributed by atoms with Crippen molar-refractivity contribution in [3.8, 4) is 0 Å². The van der Waals surface area contributed by atoms with E-state index in [1.165, 1.54) is 16.6 Å². The lowest BCUT2D eigenvalue weighted by molar-refractivity contribution is 0.0997. The summed E-state index contributed by atoms with van der Waals surface area (Å²) < 4.78 is 1.51. The lowest BCUT2D eigenvalue weighted by Crippen LogP contribution is -2.15. The summed E-state index contributed by atoms with van der Waals surface area (Å²) in [6.07, 6.45) is 0. The highest BCUT2D eigenvalue weighted by Gasteiger charge is 2.15. The molecule has 0 aliphatic heterocycles. The molecule has 3 aromatic rings. The Morgan fingerprint density at radius 1 is 1.13 bits per heavy atom. The van der Waals surface area contributed by atoms with Crippen molar-refractivity contribution in [3.05, 3.63) is 53.1 Å². The molecule has 0 aliphatic rings. The number of primary amides is 1. The number of rotatable bonds is 3. The summed E-state index contributed by atoms with van der Waals surface area (Å²) in [5, 5.41) is 6.81. The standard InChI is InChI=1S/C15H14N6O2/c1-8-7-9(2)21-15(17-8)19-13(20-21)14(23)18-11-5-3-10(4-6-11)12(16)22/h3-7H,1-2H3,(H2,16,22)(H,18,23). The molecular formula is C15H14N6O2. The minimum absolute atomic E-state index is 0.0187. The number of nitrogens with one attached hydrogen (secondary N) is 1. The largest absolute Gasteiger partial charge is 0.366 e. The minimum atomic E-state index is -0.526. The van der Waals surface area contributed by atoms with Crippen LogP contribution >= 0.6 is 0 Å². The van der Waals surface area contributed by atoms with Crippen LogP contribution in [-0.4, -0.2) is 31.4 Å². The molecule has 0 saturated heterocycles. The number of anilines is 1. The van der Waals surface area contributed by atoms with Crippen LogP contribution in [0, 0.1) is 13.8 Å². The number of carbonyl (C=O) groups excluding carboxylic acids is 2. The number of hydrogen-bond acceptors (Lipinski definition) is 5. The van der Waals surface area contributed by atoms with Gasteiger partial charge >= 0.3 is 0 Å². The topological polar surface area (TPSA) is 115 Å². The second kappa shape index (κ2) is 5.48. The van der Waals surface area contributed by atoms with Gasteiger partial charge in [-0.3, -0.25) is 9.59 Å². The smallest absolute Gasteiger partial charge is 0.295 e. The second-order valence-electron chi connectivity index (χ2n) is 5.08. The Labute approximate surface area is 131 Å². The third-order valence-electron chi connectivity index (χ3n) is 3.25. The maximum absolute atomic E-state index is 12.2. The van der Waals surface area contributed by atoms with E-state index in [1.54, 1.807) is 12.1 Å². The van der Waals surface area contributed by atoms with Gasteiger partial charge in [0.2, 0.25) is 11.7 Å². The van der Waals surface area contributed by atoms with E-state index in [0.717, 1.165) is 11.4 Å². The summed E-state index contributed by atoms with van der Waals surface area (Å²) in [5.41, 5.74) is 7.69. The fourth-order valence-electron chi connectivity index (χ4n) is 2.17. The number of carbonyl (C=O) groups is 2. The zero-order chi connectivity index (χ0) is 16.6. The summed E-state index contributed by atoms with van der Waals surface area (Å²) >= 11 is 0. The average Bonchev–Trinajstić information content (AvgIpc) is 2.92. The molecule has 0 saturated carbocycles. The van der Waals surface area contributed by atoms with Crippen LogP contribution in [0.25, 0.3) is 5.78 Å². The first-order chi connectivity index (χ1) is 10.9. The molecule has 3 N–H and O–H groups in total. The van der Waals surface area contributed by atoms with Gasteiger partial charge in [-0.1, -0.05) is 0 Å². The molecule has 3 rings (SSSR count). The van der Waals surface area contributed by atoms with Crippen LogP contribution < -0.4 is 11.1 Å². The van der Waals surface area contributed by atoms with Gasteiger partial charge in [0.1, 0.15) is 0 Å². The molecular weight excluding hydrogens is 296 g/mol. The van der Waals surface area contributed by atoms with Gasteiger partial charge < -0.3 is 11.1 Å². The first-order valence-corrected chi connectivity index (χ1v) is 6.86. The number of fused-ring (bicyclic) bond motifs is 1. The Bertz CT molecular complexity index is 914. The third-order valence-corrected chi connectivity index (χ3v) is 3.25. The normalized spacial score (nSPS) is 10.7. The molecule has 2 heterocycles. The van der Waals surface area contributed by atoms with Gasteiger partial charge in [0.15, 0.2) is 0 Å². The molecule has 0 fully saturated rings. The summed E-state index contributed by atoms with van der Waals surface area (Å²) in [6, 6.07) is 8.09. The third kappa shape index (κ3) is 2.86. The van der Waals surface area contributed by atoms with E-state index in [9.17, 15) is 9.59 Å². The van der Waals surface area contributed by atoms with Crippen molar-refractivity contribution < 1.29 is 9.59 Å². The Morgan fingerprint density at radius 3 is 2.48 bits per heavy atom. The van der Waals surface area contributed by atoms with Crippen LogP contribution in [0.5, 0.6) is 0 Å². The number of aryl methyl sites for hydroxylation is 2. The molecule has 0 unspecified atom stereocenters. The van der Waals surface area contributed by atoms with Crippen LogP contribution in [0.4, 0.5) is 5.69 Å². The summed E-state index contributed by atoms with van der Waals surface area (Å²) in [4.78, 5) is 31.6. The molecule has 0 spiro atoms. The van der Waals surface area contributed by atoms with E-state index >= 15 is 0 Å². The molecule has 0 radical (unpaired) electrons. The second-order valence-corrected chi connectivity index (χ2v) is 5.08. The molecule has 0 bridgehead atoms. The molecule has 8 nitrogen and oxygen atoms in total. The molecule has 116 valence electrons. The molecule has 8 heteroatoms. The number of nitrogens with zero attached hydrogens (tertiary/aromatic N) is 4. The van der Waals surface area contributed by atoms with Crippen LogP contribution in [0.15, 0.2) is 30.3 Å². The van der Waals surface area contributed by atoms with Gasteiger partial charge in [-0.05, 0) is 44.2 Å². The summed E-state index contributed by atoms with van der Waals surface area (Å²) in [5.74, 6) is -0.594. The number of hydrogen-bond donors (Lipinski definition) is 2. The highest BCUT2D eigenvalue weighted by Crippen LogP contribution is 2.11. The van der Waals surface area contributed by atoms with Gasteiger partial charge in [0.05, 0.1) is 0 Å². The predicted octanol–water partition coefficient (Wildman–Crippen LogP) is 1.09. The molecule has 0 aliphatic carbocycles. The Hall–Kier alpha value is -3.29. The van der Waals surface area contributed by atoms with E-state index < -0.39 is 11.8 Å². The van der Waals surface area contributed by atoms with E-state index in [1.807, 2.05) is 19.9 Å². The predicted molar refractivity (Wildman–Crippen MR) is 83.2 cm³/mol. The number of amides is 2. The zero-order valence-corrected chi connectivity index (χ0v) is 12.6. The Kier molecular flexibility index (Phi) is 3.49. The number of aromatic nitrogens is 4. The number of nitrogens with two attached hydrogens (primary N) is 1. The van der Waals surface area contributed by atoms with Crippen molar-refractivity contribution >= 4 is 23.3 Å². The maximum atomic E-state index is 12.2. The summed E-state index contributed by atoms with van der Waals surface area (Å²) in [6.45, 7) is 3.71. The lowest BCUT2D eigenvalue weighted by Gasteiger charge is -2.02. The highest BCUT2D eigenvalue weighted by atomic mass is 16.2. The van der Waals surface area contributed by atoms with E-state index in [-0.39, 0.29) is 5.82 Å². The van der Waals surface area contributed by atoms with Crippen LogP contribution in [0.1, 0.15) is 32.4 Å². The van der Waals surface area contributed by atoms with Crippen molar-refractivity contribution in [1.29, 1.82) is 0 Å². The van der Waals surface area contributed by atoms with E-state index in [4.69, 9.17) is 5.73 Å². The van der Waals surface area contributed by atoms with Gasteiger partial charge in [-0.15, -0.1) is 5.10 Å². The fourth-order valence-corrected chi connectivity index (χ4v) is 2.17. The Morgan fingerprint density at radius 2 is 1.83 bits per heavy atom. The monoisotopic (exact) mass is 310 g/mol. The average molecular weight is 310 g/mol.